The van der Waals surface area contributed by atoms with Gasteiger partial charge in [0.2, 0.25) is 0 Å². The summed E-state index contributed by atoms with van der Waals surface area (Å²) < 4.78 is 55.6. The van der Waals surface area contributed by atoms with Gasteiger partial charge in [-0.15, -0.1) is 0 Å². The van der Waals surface area contributed by atoms with E-state index in [0.717, 1.165) is 12.1 Å². The number of halogens is 4. The number of nitrogens with one attached hydrogen (secondary N) is 1. The van der Waals surface area contributed by atoms with Crippen LogP contribution in [0.3, 0.4) is 0 Å². The predicted molar refractivity (Wildman–Crippen MR) is 78.3 cm³/mol. The lowest BCUT2D eigenvalue weighted by atomic mass is 10.2. The molecule has 0 unspecified atom stereocenters. The molecule has 0 heterocycles. The molecule has 21 heavy (non-hydrogen) atoms. The maximum atomic E-state index is 13.7. The van der Waals surface area contributed by atoms with E-state index in [1.807, 2.05) is 13.8 Å². The molecule has 2 rings (SSSR count). The smallest absolute Gasteiger partial charge is 0.174 e. The van der Waals surface area contributed by atoms with E-state index in [4.69, 9.17) is 0 Å². The van der Waals surface area contributed by atoms with Crippen LogP contribution in [0, 0.1) is 30.2 Å². The maximum Gasteiger partial charge on any atom is 0.174 e. The van der Waals surface area contributed by atoms with Gasteiger partial charge in [-0.05, 0) is 43.1 Å². The van der Waals surface area contributed by atoms with Crippen molar-refractivity contribution in [3.05, 3.63) is 59.2 Å². The molecule has 0 saturated carbocycles. The van der Waals surface area contributed by atoms with Crippen LogP contribution in [0.5, 0.6) is 0 Å². The van der Waals surface area contributed by atoms with Crippen LogP contribution < -0.4 is 4.72 Å². The van der Waals surface area contributed by atoms with E-state index in [0.29, 0.717) is 11.9 Å². The lowest BCUT2D eigenvalue weighted by molar-refractivity contribution is 0.491. The fourth-order valence-electron chi connectivity index (χ4n) is 1.41. The Hall–Kier alpha value is -1.69. The average molecular weight is 317 g/mol. The van der Waals surface area contributed by atoms with Crippen LogP contribution in [0.2, 0.25) is 0 Å². The van der Waals surface area contributed by atoms with Crippen molar-refractivity contribution in [3.8, 4) is 0 Å². The zero-order valence-corrected chi connectivity index (χ0v) is 12.6. The highest BCUT2D eigenvalue weighted by molar-refractivity contribution is 8.00. The Labute approximate surface area is 125 Å². The summed E-state index contributed by atoms with van der Waals surface area (Å²) in [5.41, 5.74) is -0.127. The minimum atomic E-state index is -1.01. The normalized spacial score (nSPS) is 9.86. The first-order chi connectivity index (χ1) is 10.0. The third-order valence-electron chi connectivity index (χ3n) is 2.51. The SMILES string of the molecule is CC.Cc1c(F)ccc(NSc2cccc(F)c2F)c1F. The number of hydrogen-bond acceptors (Lipinski definition) is 2. The van der Waals surface area contributed by atoms with Gasteiger partial charge in [0.05, 0.1) is 10.6 Å². The van der Waals surface area contributed by atoms with Crippen LogP contribution in [0.25, 0.3) is 0 Å². The molecule has 0 saturated heterocycles. The molecule has 1 N–H and O–H groups in total. The molecule has 0 aromatic heterocycles. The summed E-state index contributed by atoms with van der Waals surface area (Å²) in [4.78, 5) is -0.0126. The Bertz CT molecular complexity index is 617. The van der Waals surface area contributed by atoms with Crippen molar-refractivity contribution < 1.29 is 17.6 Å². The van der Waals surface area contributed by atoms with Gasteiger partial charge >= 0.3 is 0 Å². The van der Waals surface area contributed by atoms with Crippen LogP contribution in [0.15, 0.2) is 35.2 Å². The van der Waals surface area contributed by atoms with Crippen LogP contribution in [-0.2, 0) is 0 Å². The van der Waals surface area contributed by atoms with Crippen molar-refractivity contribution in [3.63, 3.8) is 0 Å². The zero-order chi connectivity index (χ0) is 16.0. The van der Waals surface area contributed by atoms with Gasteiger partial charge in [-0.2, -0.15) is 0 Å². The number of hydrogen-bond donors (Lipinski definition) is 1. The summed E-state index contributed by atoms with van der Waals surface area (Å²) in [5.74, 6) is -3.42. The van der Waals surface area contributed by atoms with Gasteiger partial charge in [0.1, 0.15) is 5.82 Å². The van der Waals surface area contributed by atoms with Crippen LogP contribution in [0.4, 0.5) is 23.2 Å². The van der Waals surface area contributed by atoms with Crippen LogP contribution in [0.1, 0.15) is 19.4 Å². The second-order valence-electron chi connectivity index (χ2n) is 3.79. The molecule has 1 nitrogen and oxygen atoms in total. The van der Waals surface area contributed by atoms with E-state index < -0.39 is 23.3 Å². The van der Waals surface area contributed by atoms with Crippen LogP contribution in [-0.4, -0.2) is 0 Å². The number of rotatable bonds is 3. The van der Waals surface area contributed by atoms with E-state index in [9.17, 15) is 17.6 Å². The van der Waals surface area contributed by atoms with Gasteiger partial charge in [0.25, 0.3) is 0 Å². The van der Waals surface area contributed by atoms with Crippen molar-refractivity contribution in [2.45, 2.75) is 25.7 Å². The lowest BCUT2D eigenvalue weighted by Crippen LogP contribution is -1.97. The Morgan fingerprint density at radius 3 is 2.19 bits per heavy atom. The summed E-state index contributed by atoms with van der Waals surface area (Å²) in [7, 11) is 0. The molecule has 0 aliphatic carbocycles. The Balaban J connectivity index is 0.00000106. The van der Waals surface area contributed by atoms with Gasteiger partial charge in [-0.1, -0.05) is 19.9 Å². The highest BCUT2D eigenvalue weighted by atomic mass is 32.2. The van der Waals surface area contributed by atoms with Gasteiger partial charge in [-0.25, -0.2) is 17.6 Å². The molecule has 0 fully saturated rings. The molecule has 0 aliphatic rings. The Morgan fingerprint density at radius 2 is 1.52 bits per heavy atom. The third kappa shape index (κ3) is 4.14. The monoisotopic (exact) mass is 317 g/mol. The Kier molecular flexibility index (Phi) is 6.55. The standard InChI is InChI=1S/C13H9F4NS.C2H6/c1-7-8(14)5-6-10(12(7)16)18-19-11-4-2-3-9(15)13(11)17;1-2/h2-6,18H,1H3;1-2H3. The van der Waals surface area contributed by atoms with Crippen molar-refractivity contribution in [1.29, 1.82) is 0 Å². The summed E-state index contributed by atoms with van der Waals surface area (Å²) in [6, 6.07) is 5.98. The largest absolute Gasteiger partial charge is 0.323 e. The molecule has 0 aliphatic heterocycles. The fourth-order valence-corrected chi connectivity index (χ4v) is 2.12. The van der Waals surface area contributed by atoms with E-state index in [1.54, 1.807) is 0 Å². The van der Waals surface area contributed by atoms with E-state index in [-0.39, 0.29) is 16.1 Å². The molecule has 0 radical (unpaired) electrons. The topological polar surface area (TPSA) is 12.0 Å². The van der Waals surface area contributed by atoms with Crippen molar-refractivity contribution >= 4 is 17.6 Å². The molecule has 0 amide bonds. The van der Waals surface area contributed by atoms with Gasteiger partial charge in [-0.3, -0.25) is 0 Å². The first kappa shape index (κ1) is 17.4. The van der Waals surface area contributed by atoms with Gasteiger partial charge < -0.3 is 4.72 Å². The summed E-state index contributed by atoms with van der Waals surface area (Å²) in [6.07, 6.45) is 0. The van der Waals surface area contributed by atoms with Crippen molar-refractivity contribution in [1.82, 2.24) is 0 Å². The van der Waals surface area contributed by atoms with Gasteiger partial charge in [0.15, 0.2) is 17.5 Å². The molecular weight excluding hydrogens is 302 g/mol. The highest BCUT2D eigenvalue weighted by Gasteiger charge is 2.12. The lowest BCUT2D eigenvalue weighted by Gasteiger charge is -2.09. The molecule has 0 bridgehead atoms. The molecule has 2 aromatic rings. The Morgan fingerprint density at radius 1 is 0.857 bits per heavy atom. The van der Waals surface area contributed by atoms with Crippen molar-refractivity contribution in [2.75, 3.05) is 4.72 Å². The van der Waals surface area contributed by atoms with Gasteiger partial charge in [0, 0.05) is 5.56 Å². The zero-order valence-electron chi connectivity index (χ0n) is 11.8. The predicted octanol–water partition coefficient (Wildman–Crippen LogP) is 5.70. The summed E-state index contributed by atoms with van der Waals surface area (Å²) >= 11 is 0.716. The molecule has 2 aromatic carbocycles. The second kappa shape index (κ2) is 7.93. The minimum absolute atomic E-state index is 0.00700. The number of anilines is 1. The van der Waals surface area contributed by atoms with E-state index in [2.05, 4.69) is 4.72 Å². The first-order valence-corrected chi connectivity index (χ1v) is 7.14. The fraction of sp³-hybridized carbons (Fsp3) is 0.200. The summed E-state index contributed by atoms with van der Waals surface area (Å²) in [5, 5.41) is 0. The highest BCUT2D eigenvalue weighted by Crippen LogP contribution is 2.28. The quantitative estimate of drug-likeness (QED) is 0.576. The maximum absolute atomic E-state index is 13.7. The van der Waals surface area contributed by atoms with Crippen molar-refractivity contribution in [2.24, 2.45) is 0 Å². The van der Waals surface area contributed by atoms with Crippen LogP contribution >= 0.6 is 11.9 Å². The minimum Gasteiger partial charge on any atom is -0.323 e. The number of benzene rings is 2. The molecule has 114 valence electrons. The molecule has 6 heteroatoms. The van der Waals surface area contributed by atoms with E-state index in [1.165, 1.54) is 25.1 Å². The average Bonchev–Trinajstić information content (AvgIpc) is 2.50. The second-order valence-corrected chi connectivity index (χ2v) is 4.64. The third-order valence-corrected chi connectivity index (χ3v) is 3.36. The molecular formula is C15H15F4NS. The summed E-state index contributed by atoms with van der Waals surface area (Å²) in [6.45, 7) is 5.29. The molecule has 0 atom stereocenters. The molecule has 0 spiro atoms. The first-order valence-electron chi connectivity index (χ1n) is 6.32. The van der Waals surface area contributed by atoms with E-state index >= 15 is 0 Å².